The summed E-state index contributed by atoms with van der Waals surface area (Å²) in [6, 6.07) is 45.3. The van der Waals surface area contributed by atoms with Gasteiger partial charge in [0.05, 0.1) is 11.2 Å². The van der Waals surface area contributed by atoms with Crippen molar-refractivity contribution < 1.29 is 4.42 Å². The average Bonchev–Trinajstić information content (AvgIpc) is 3.69. The highest BCUT2D eigenvalue weighted by molar-refractivity contribution is 5.96. The molecule has 3 heterocycles. The van der Waals surface area contributed by atoms with E-state index in [0.717, 1.165) is 60.8 Å². The molecule has 50 heavy (non-hydrogen) atoms. The van der Waals surface area contributed by atoms with Gasteiger partial charge in [0.2, 0.25) is 0 Å². The molecule has 1 aliphatic carbocycles. The SMILES string of the molecule is C1=C\C=c2\oc3ccccc3\c2=C/C=C/c2c(n(-c3ccc(-c4nc(-c5ccccc5)nc(-c5ccccc5)n4)cc3)c3ccccc23)\C=C/1. The minimum Gasteiger partial charge on any atom is -0.456 e. The van der Waals surface area contributed by atoms with Crippen molar-refractivity contribution in [1.29, 1.82) is 0 Å². The minimum absolute atomic E-state index is 0.628. The number of hydrogen-bond donors (Lipinski definition) is 0. The normalized spacial score (nSPS) is 15.8. The van der Waals surface area contributed by atoms with Gasteiger partial charge in [0.1, 0.15) is 11.0 Å². The summed E-state index contributed by atoms with van der Waals surface area (Å²) >= 11 is 0. The summed E-state index contributed by atoms with van der Waals surface area (Å²) < 4.78 is 8.50. The van der Waals surface area contributed by atoms with Crippen LogP contribution in [0.1, 0.15) is 11.3 Å². The topological polar surface area (TPSA) is 56.7 Å². The standard InChI is InChI=1S/C45H30N4O/c1-4-15-31(16-5-1)43-46-44(32-17-6-2-7-18-32)48-45(47-43)33-27-29-34(30-28-33)49-39-23-8-3-9-25-41-38(37-20-11-13-26-42(37)50-41)22-14-21-36(39)35-19-10-12-24-40(35)49/h1-30H/b8-3?,9-3-,21-14+,22-14?,23-8-,25-9?,36-21?,38-22+,39-23?,41-25+. The maximum Gasteiger partial charge on any atom is 0.164 e. The quantitative estimate of drug-likeness (QED) is 0.192. The highest BCUT2D eigenvalue weighted by atomic mass is 16.3. The fourth-order valence-electron chi connectivity index (χ4n) is 6.57. The zero-order valence-corrected chi connectivity index (χ0v) is 27.0. The second-order valence-corrected chi connectivity index (χ2v) is 12.0. The Morgan fingerprint density at radius 3 is 1.76 bits per heavy atom. The van der Waals surface area contributed by atoms with Gasteiger partial charge in [0.15, 0.2) is 17.5 Å². The van der Waals surface area contributed by atoms with Crippen molar-refractivity contribution in [3.8, 4) is 39.9 Å². The number of rotatable bonds is 4. The fourth-order valence-corrected chi connectivity index (χ4v) is 6.57. The summed E-state index contributed by atoms with van der Waals surface area (Å²) in [5, 5.41) is 3.33. The van der Waals surface area contributed by atoms with Crippen LogP contribution in [-0.4, -0.2) is 19.5 Å². The zero-order valence-electron chi connectivity index (χ0n) is 27.0. The molecule has 5 heteroatoms. The number of allylic oxidation sites excluding steroid dienone is 4. The fraction of sp³-hybridized carbons (Fsp3) is 0. The van der Waals surface area contributed by atoms with Gasteiger partial charge in [-0.3, -0.25) is 0 Å². The van der Waals surface area contributed by atoms with E-state index in [1.807, 2.05) is 97.1 Å². The van der Waals surface area contributed by atoms with Crippen LogP contribution in [0.25, 0.3) is 86.0 Å². The van der Waals surface area contributed by atoms with Gasteiger partial charge in [-0.05, 0) is 48.6 Å². The first-order chi connectivity index (χ1) is 24.8. The van der Waals surface area contributed by atoms with Gasteiger partial charge < -0.3 is 8.98 Å². The Morgan fingerprint density at radius 1 is 0.460 bits per heavy atom. The maximum atomic E-state index is 6.18. The molecule has 9 rings (SSSR count). The van der Waals surface area contributed by atoms with Gasteiger partial charge in [-0.2, -0.15) is 0 Å². The van der Waals surface area contributed by atoms with Crippen LogP contribution in [0.15, 0.2) is 162 Å². The highest BCUT2D eigenvalue weighted by Crippen LogP contribution is 2.33. The lowest BCUT2D eigenvalue weighted by atomic mass is 10.1. The highest BCUT2D eigenvalue weighted by Gasteiger charge is 2.16. The smallest absolute Gasteiger partial charge is 0.164 e. The third kappa shape index (κ3) is 5.37. The van der Waals surface area contributed by atoms with Crippen molar-refractivity contribution in [3.63, 3.8) is 0 Å². The summed E-state index contributed by atoms with van der Waals surface area (Å²) in [5.74, 6) is 1.91. The monoisotopic (exact) mass is 642 g/mol. The third-order valence-corrected chi connectivity index (χ3v) is 8.95. The first-order valence-electron chi connectivity index (χ1n) is 16.6. The van der Waals surface area contributed by atoms with Crippen LogP contribution in [0.5, 0.6) is 0 Å². The zero-order chi connectivity index (χ0) is 33.3. The Kier molecular flexibility index (Phi) is 7.41. The molecule has 1 aliphatic rings. The third-order valence-electron chi connectivity index (χ3n) is 8.95. The molecule has 0 radical (unpaired) electrons. The molecular weight excluding hydrogens is 613 g/mol. The van der Waals surface area contributed by atoms with E-state index < -0.39 is 0 Å². The number of nitrogens with zero attached hydrogens (tertiary/aromatic N) is 4. The van der Waals surface area contributed by atoms with E-state index in [1.165, 1.54) is 5.39 Å². The summed E-state index contributed by atoms with van der Waals surface area (Å²) in [7, 11) is 0. The van der Waals surface area contributed by atoms with Crippen molar-refractivity contribution in [2.45, 2.75) is 0 Å². The van der Waals surface area contributed by atoms with Gasteiger partial charge in [-0.1, -0.05) is 134 Å². The first kappa shape index (κ1) is 29.3. The number of aromatic nitrogens is 4. The van der Waals surface area contributed by atoms with Crippen LogP contribution in [0.4, 0.5) is 0 Å². The molecule has 0 spiro atoms. The van der Waals surface area contributed by atoms with E-state index in [-0.39, 0.29) is 0 Å². The summed E-state index contributed by atoms with van der Waals surface area (Å²) in [4.78, 5) is 14.7. The summed E-state index contributed by atoms with van der Waals surface area (Å²) in [6.07, 6.45) is 16.8. The molecule has 3 aromatic heterocycles. The number of benzene rings is 5. The predicted octanol–water partition coefficient (Wildman–Crippen LogP) is 9.42. The number of hydrogen-bond acceptors (Lipinski definition) is 4. The van der Waals surface area contributed by atoms with Crippen molar-refractivity contribution >= 4 is 46.2 Å². The van der Waals surface area contributed by atoms with E-state index in [0.29, 0.717) is 17.5 Å². The minimum atomic E-state index is 0.628. The molecule has 0 bridgehead atoms. The molecule has 236 valence electrons. The van der Waals surface area contributed by atoms with E-state index in [4.69, 9.17) is 19.4 Å². The largest absolute Gasteiger partial charge is 0.456 e. The Hall–Kier alpha value is -6.85. The van der Waals surface area contributed by atoms with Crippen LogP contribution in [-0.2, 0) is 0 Å². The van der Waals surface area contributed by atoms with Crippen LogP contribution in [0.3, 0.4) is 0 Å². The molecule has 0 atom stereocenters. The number of para-hydroxylation sites is 2. The van der Waals surface area contributed by atoms with Gasteiger partial charge in [0.25, 0.3) is 0 Å². The molecule has 0 aliphatic heterocycles. The van der Waals surface area contributed by atoms with Crippen molar-refractivity contribution in [1.82, 2.24) is 19.5 Å². The molecule has 5 nitrogen and oxygen atoms in total. The molecule has 0 unspecified atom stereocenters. The van der Waals surface area contributed by atoms with E-state index >= 15 is 0 Å². The molecule has 0 fully saturated rings. The summed E-state index contributed by atoms with van der Waals surface area (Å²) in [5.41, 5.74) is 8.92. The second kappa shape index (κ2) is 12.6. The van der Waals surface area contributed by atoms with E-state index in [2.05, 4.69) is 89.5 Å². The molecule has 0 saturated carbocycles. The van der Waals surface area contributed by atoms with Gasteiger partial charge in [-0.25, -0.2) is 15.0 Å². The predicted molar refractivity (Wildman–Crippen MR) is 205 cm³/mol. The van der Waals surface area contributed by atoms with E-state index in [9.17, 15) is 0 Å². The van der Waals surface area contributed by atoms with Crippen LogP contribution >= 0.6 is 0 Å². The molecule has 0 amide bonds. The van der Waals surface area contributed by atoms with E-state index in [1.54, 1.807) is 0 Å². The van der Waals surface area contributed by atoms with Crippen molar-refractivity contribution in [2.24, 2.45) is 0 Å². The van der Waals surface area contributed by atoms with Gasteiger partial charge in [0, 0.05) is 43.9 Å². The molecule has 8 aromatic rings. The number of fused-ring (bicyclic) bond motifs is 6. The lowest BCUT2D eigenvalue weighted by Crippen LogP contribution is -2.19. The Morgan fingerprint density at radius 2 is 1.06 bits per heavy atom. The van der Waals surface area contributed by atoms with Crippen LogP contribution < -0.4 is 10.6 Å². The molecular formula is C45H30N4O. The van der Waals surface area contributed by atoms with Gasteiger partial charge >= 0.3 is 0 Å². The van der Waals surface area contributed by atoms with Crippen LogP contribution in [0, 0.1) is 0 Å². The molecule has 0 saturated heterocycles. The Labute approximate surface area is 288 Å². The van der Waals surface area contributed by atoms with Crippen LogP contribution in [0.2, 0.25) is 0 Å². The number of furan rings is 1. The van der Waals surface area contributed by atoms with Gasteiger partial charge in [-0.15, -0.1) is 0 Å². The lowest BCUT2D eigenvalue weighted by Gasteiger charge is -2.11. The van der Waals surface area contributed by atoms with Crippen molar-refractivity contribution in [3.05, 3.63) is 180 Å². The summed E-state index contributed by atoms with van der Waals surface area (Å²) in [6.45, 7) is 0. The average molecular weight is 643 g/mol. The molecule has 5 aromatic carbocycles. The maximum absolute atomic E-state index is 6.18. The Bertz CT molecular complexity index is 2680. The van der Waals surface area contributed by atoms with Crippen molar-refractivity contribution in [2.75, 3.05) is 0 Å². The lowest BCUT2D eigenvalue weighted by molar-refractivity contribution is 0.576. The Balaban J connectivity index is 1.17. The first-order valence-corrected chi connectivity index (χ1v) is 16.6. The second-order valence-electron chi connectivity index (χ2n) is 12.0. The molecule has 0 N–H and O–H groups in total.